The lowest BCUT2D eigenvalue weighted by atomic mass is 10.1. The minimum Gasteiger partial charge on any atom is -0.508 e. The van der Waals surface area contributed by atoms with Crippen molar-refractivity contribution in [3.05, 3.63) is 64.7 Å². The van der Waals surface area contributed by atoms with E-state index in [2.05, 4.69) is 14.9 Å². The number of hydrogen-bond donors (Lipinski definition) is 2. The number of aromatic nitrogens is 2. The first-order chi connectivity index (χ1) is 14.1. The van der Waals surface area contributed by atoms with Crippen molar-refractivity contribution in [3.8, 4) is 5.75 Å². The summed E-state index contributed by atoms with van der Waals surface area (Å²) in [4.78, 5) is 36.1. The minimum absolute atomic E-state index is 0.137. The maximum atomic E-state index is 12.5. The Bertz CT molecular complexity index is 1050. The Morgan fingerprint density at radius 3 is 2.52 bits per heavy atom. The third-order valence-corrected chi connectivity index (χ3v) is 5.31. The Labute approximate surface area is 168 Å². The van der Waals surface area contributed by atoms with Crippen LogP contribution >= 0.6 is 0 Å². The normalized spacial score (nSPS) is 14.3. The molecule has 1 aliphatic rings. The number of nitrogens with zero attached hydrogens (tertiary/aromatic N) is 3. The van der Waals surface area contributed by atoms with E-state index >= 15 is 0 Å². The predicted molar refractivity (Wildman–Crippen MR) is 112 cm³/mol. The maximum Gasteiger partial charge on any atom is 0.258 e. The molecule has 7 nitrogen and oxygen atoms in total. The zero-order valence-corrected chi connectivity index (χ0v) is 16.2. The molecule has 0 atom stereocenters. The summed E-state index contributed by atoms with van der Waals surface area (Å²) in [5.41, 5.74) is 1.60. The first-order valence-corrected chi connectivity index (χ1v) is 9.90. The van der Waals surface area contributed by atoms with Crippen LogP contribution in [0.2, 0.25) is 0 Å². The van der Waals surface area contributed by atoms with Gasteiger partial charge < -0.3 is 19.9 Å². The number of hydrogen-bond acceptors (Lipinski definition) is 5. The van der Waals surface area contributed by atoms with Crippen molar-refractivity contribution in [3.63, 3.8) is 0 Å². The molecule has 7 heteroatoms. The van der Waals surface area contributed by atoms with Gasteiger partial charge in [0.25, 0.3) is 5.56 Å². The predicted octanol–water partition coefficient (Wildman–Crippen LogP) is 2.30. The lowest BCUT2D eigenvalue weighted by Gasteiger charge is -2.36. The largest absolute Gasteiger partial charge is 0.508 e. The van der Waals surface area contributed by atoms with E-state index in [0.717, 1.165) is 18.8 Å². The summed E-state index contributed by atoms with van der Waals surface area (Å²) in [5, 5.41) is 9.99. The molecule has 0 unspecified atom stereocenters. The monoisotopic (exact) mass is 392 g/mol. The van der Waals surface area contributed by atoms with Gasteiger partial charge in [-0.25, -0.2) is 4.98 Å². The zero-order chi connectivity index (χ0) is 20.2. The standard InChI is InChI=1S/C22H24N4O3/c27-17-10-8-16(9-11-17)25-12-14-26(15-13-25)21(28)7-3-6-20-23-19-5-2-1-4-18(19)22(29)24-20/h1-2,4-5,8-11,27H,3,6-7,12-15H2,(H,23,24,29). The fourth-order valence-electron chi connectivity index (χ4n) is 3.70. The summed E-state index contributed by atoms with van der Waals surface area (Å²) < 4.78 is 0. The van der Waals surface area contributed by atoms with Crippen molar-refractivity contribution in [2.75, 3.05) is 31.1 Å². The third kappa shape index (κ3) is 4.39. The number of rotatable bonds is 5. The highest BCUT2D eigenvalue weighted by Gasteiger charge is 2.21. The number of aromatic amines is 1. The number of para-hydroxylation sites is 1. The number of aromatic hydroxyl groups is 1. The van der Waals surface area contributed by atoms with Gasteiger partial charge in [0.2, 0.25) is 5.91 Å². The first-order valence-electron chi connectivity index (χ1n) is 9.90. The van der Waals surface area contributed by atoms with Gasteiger partial charge in [-0.2, -0.15) is 0 Å². The second kappa shape index (κ2) is 8.34. The van der Waals surface area contributed by atoms with Gasteiger partial charge in [-0.3, -0.25) is 9.59 Å². The lowest BCUT2D eigenvalue weighted by Crippen LogP contribution is -2.48. The number of aryl methyl sites for hydroxylation is 1. The van der Waals surface area contributed by atoms with Gasteiger partial charge in [0.15, 0.2) is 0 Å². The highest BCUT2D eigenvalue weighted by Crippen LogP contribution is 2.20. The first kappa shape index (κ1) is 19.0. The van der Waals surface area contributed by atoms with Gasteiger partial charge in [-0.05, 0) is 42.8 Å². The molecule has 2 aromatic carbocycles. The Morgan fingerprint density at radius 1 is 1.03 bits per heavy atom. The third-order valence-electron chi connectivity index (χ3n) is 5.31. The topological polar surface area (TPSA) is 89.5 Å². The number of phenols is 1. The molecule has 0 spiro atoms. The van der Waals surface area contributed by atoms with Gasteiger partial charge in [0.05, 0.1) is 10.9 Å². The molecule has 1 fully saturated rings. The number of amides is 1. The van der Waals surface area contributed by atoms with Crippen LogP contribution in [-0.4, -0.2) is 52.1 Å². The zero-order valence-electron chi connectivity index (χ0n) is 16.2. The minimum atomic E-state index is -0.137. The number of carbonyl (C=O) groups is 1. The molecule has 1 amide bonds. The second-order valence-corrected chi connectivity index (χ2v) is 7.27. The Morgan fingerprint density at radius 2 is 1.76 bits per heavy atom. The molecular formula is C22H24N4O3. The smallest absolute Gasteiger partial charge is 0.258 e. The van der Waals surface area contributed by atoms with Crippen molar-refractivity contribution in [1.82, 2.24) is 14.9 Å². The number of phenolic OH excluding ortho intramolecular Hbond substituents is 1. The van der Waals surface area contributed by atoms with Gasteiger partial charge in [0.1, 0.15) is 11.6 Å². The second-order valence-electron chi connectivity index (χ2n) is 7.27. The summed E-state index contributed by atoms with van der Waals surface area (Å²) >= 11 is 0. The van der Waals surface area contributed by atoms with Gasteiger partial charge in [0, 0.05) is 44.7 Å². The molecule has 0 radical (unpaired) electrons. The Hall–Kier alpha value is -3.35. The molecule has 1 saturated heterocycles. The molecule has 2 heterocycles. The number of carbonyl (C=O) groups excluding carboxylic acids is 1. The van der Waals surface area contributed by atoms with Crippen molar-refractivity contribution < 1.29 is 9.90 Å². The molecule has 0 saturated carbocycles. The van der Waals surface area contributed by atoms with E-state index < -0.39 is 0 Å². The van der Waals surface area contributed by atoms with Crippen LogP contribution in [-0.2, 0) is 11.2 Å². The van der Waals surface area contributed by atoms with E-state index in [1.807, 2.05) is 35.2 Å². The van der Waals surface area contributed by atoms with Crippen molar-refractivity contribution in [2.24, 2.45) is 0 Å². The summed E-state index contributed by atoms with van der Waals surface area (Å²) in [5.74, 6) is 1.02. The van der Waals surface area contributed by atoms with Crippen LogP contribution in [0.15, 0.2) is 53.3 Å². The van der Waals surface area contributed by atoms with Crippen LogP contribution in [0, 0.1) is 0 Å². The van der Waals surface area contributed by atoms with Gasteiger partial charge in [-0.1, -0.05) is 12.1 Å². The average Bonchev–Trinajstić information content (AvgIpc) is 2.74. The highest BCUT2D eigenvalue weighted by atomic mass is 16.3. The van der Waals surface area contributed by atoms with Crippen LogP contribution in [0.3, 0.4) is 0 Å². The molecule has 29 heavy (non-hydrogen) atoms. The number of nitrogens with one attached hydrogen (secondary N) is 1. The van der Waals surface area contributed by atoms with Gasteiger partial charge >= 0.3 is 0 Å². The molecule has 3 aromatic rings. The number of H-pyrrole nitrogens is 1. The molecule has 2 N–H and O–H groups in total. The van der Waals surface area contributed by atoms with E-state index in [9.17, 15) is 14.7 Å². The molecule has 0 aliphatic carbocycles. The number of fused-ring (bicyclic) bond motifs is 1. The van der Waals surface area contributed by atoms with Crippen LogP contribution in [0.1, 0.15) is 18.7 Å². The number of anilines is 1. The lowest BCUT2D eigenvalue weighted by molar-refractivity contribution is -0.131. The Kier molecular flexibility index (Phi) is 5.46. The van der Waals surface area contributed by atoms with E-state index in [0.29, 0.717) is 49.1 Å². The fraction of sp³-hybridized carbons (Fsp3) is 0.318. The quantitative estimate of drug-likeness (QED) is 0.695. The molecule has 1 aromatic heterocycles. The summed E-state index contributed by atoms with van der Waals surface area (Å²) in [6.45, 7) is 2.92. The summed E-state index contributed by atoms with van der Waals surface area (Å²) in [6.07, 6.45) is 1.66. The van der Waals surface area contributed by atoms with Crippen molar-refractivity contribution in [2.45, 2.75) is 19.3 Å². The molecule has 0 bridgehead atoms. The summed E-state index contributed by atoms with van der Waals surface area (Å²) in [6, 6.07) is 14.4. The van der Waals surface area contributed by atoms with Crippen molar-refractivity contribution >= 4 is 22.5 Å². The van der Waals surface area contributed by atoms with Gasteiger partial charge in [-0.15, -0.1) is 0 Å². The van der Waals surface area contributed by atoms with E-state index in [4.69, 9.17) is 0 Å². The van der Waals surface area contributed by atoms with Crippen LogP contribution in [0.5, 0.6) is 5.75 Å². The highest BCUT2D eigenvalue weighted by molar-refractivity contribution is 5.77. The van der Waals surface area contributed by atoms with Crippen LogP contribution in [0.4, 0.5) is 5.69 Å². The molecular weight excluding hydrogens is 368 g/mol. The van der Waals surface area contributed by atoms with Crippen molar-refractivity contribution in [1.29, 1.82) is 0 Å². The SMILES string of the molecule is O=C(CCCc1nc2ccccc2c(=O)[nH]1)N1CCN(c2ccc(O)cc2)CC1. The number of piperazine rings is 1. The number of benzene rings is 2. The molecule has 1 aliphatic heterocycles. The fourth-order valence-corrected chi connectivity index (χ4v) is 3.70. The average molecular weight is 392 g/mol. The van der Waals surface area contributed by atoms with E-state index in [1.165, 1.54) is 0 Å². The van der Waals surface area contributed by atoms with Crippen LogP contribution in [0.25, 0.3) is 10.9 Å². The molecule has 150 valence electrons. The Balaban J connectivity index is 1.27. The summed E-state index contributed by atoms with van der Waals surface area (Å²) in [7, 11) is 0. The van der Waals surface area contributed by atoms with E-state index in [1.54, 1.807) is 18.2 Å². The van der Waals surface area contributed by atoms with E-state index in [-0.39, 0.29) is 17.2 Å². The molecule has 4 rings (SSSR count). The van der Waals surface area contributed by atoms with Crippen LogP contribution < -0.4 is 10.5 Å². The maximum absolute atomic E-state index is 12.5.